The van der Waals surface area contributed by atoms with Gasteiger partial charge in [-0.2, -0.15) is 0 Å². The van der Waals surface area contributed by atoms with E-state index in [1.807, 2.05) is 38.1 Å². The van der Waals surface area contributed by atoms with Crippen LogP contribution in [0.1, 0.15) is 28.4 Å². The maximum Gasteiger partial charge on any atom is 0.131 e. The molecule has 0 bridgehead atoms. The van der Waals surface area contributed by atoms with E-state index in [-0.39, 0.29) is 5.82 Å². The van der Waals surface area contributed by atoms with Crippen molar-refractivity contribution in [3.8, 4) is 0 Å². The Kier molecular flexibility index (Phi) is 3.05. The van der Waals surface area contributed by atoms with Gasteiger partial charge in [0.15, 0.2) is 0 Å². The van der Waals surface area contributed by atoms with Gasteiger partial charge in [0.05, 0.1) is 0 Å². The zero-order valence-electron chi connectivity index (χ0n) is 13.0. The topological polar surface area (TPSA) is 40.5 Å². The summed E-state index contributed by atoms with van der Waals surface area (Å²) in [5.41, 5.74) is 3.43. The number of aryl methyl sites for hydroxylation is 2. The van der Waals surface area contributed by atoms with Gasteiger partial charge in [0, 0.05) is 5.39 Å². The summed E-state index contributed by atoms with van der Waals surface area (Å²) >= 11 is 0. The molecule has 0 amide bonds. The fraction of sp³-hybridized carbons (Fsp3) is 0.200. The van der Waals surface area contributed by atoms with Gasteiger partial charge < -0.3 is 10.2 Å². The van der Waals surface area contributed by atoms with Gasteiger partial charge in [-0.25, -0.2) is 4.39 Å². The van der Waals surface area contributed by atoms with E-state index in [0.29, 0.717) is 10.9 Å². The number of halogens is 1. The van der Waals surface area contributed by atoms with E-state index >= 15 is 0 Å². The van der Waals surface area contributed by atoms with Crippen molar-refractivity contribution in [3.63, 3.8) is 0 Å². The Labute approximate surface area is 133 Å². The maximum atomic E-state index is 14.5. The van der Waals surface area contributed by atoms with Crippen LogP contribution < -0.4 is 0 Å². The molecular weight excluding hydrogens is 291 g/mol. The number of rotatable bonds is 0. The lowest BCUT2D eigenvalue weighted by molar-refractivity contribution is 0.0466. The summed E-state index contributed by atoms with van der Waals surface area (Å²) in [6.45, 7) is 3.86. The summed E-state index contributed by atoms with van der Waals surface area (Å²) < 4.78 is 14.5. The first-order valence-electron chi connectivity index (χ1n) is 7.69. The molecule has 0 heterocycles. The van der Waals surface area contributed by atoms with E-state index in [2.05, 4.69) is 0 Å². The Morgan fingerprint density at radius 1 is 0.957 bits per heavy atom. The molecule has 1 aliphatic carbocycles. The van der Waals surface area contributed by atoms with Gasteiger partial charge in [0.2, 0.25) is 0 Å². The third-order valence-electron chi connectivity index (χ3n) is 4.95. The minimum absolute atomic E-state index is 0.267. The smallest absolute Gasteiger partial charge is 0.131 e. The maximum absolute atomic E-state index is 14.5. The Hall–Kier alpha value is -2.23. The average molecular weight is 308 g/mol. The van der Waals surface area contributed by atoms with Crippen molar-refractivity contribution < 1.29 is 14.6 Å². The summed E-state index contributed by atoms with van der Waals surface area (Å²) in [6.07, 6.45) is 1.56. The van der Waals surface area contributed by atoms with E-state index in [4.69, 9.17) is 0 Å². The third-order valence-corrected chi connectivity index (χ3v) is 4.95. The Balaban J connectivity index is 2.26. The Morgan fingerprint density at radius 2 is 1.65 bits per heavy atom. The fourth-order valence-corrected chi connectivity index (χ4v) is 3.78. The minimum atomic E-state index is -0.979. The summed E-state index contributed by atoms with van der Waals surface area (Å²) in [7, 11) is 0. The molecule has 2 N–H and O–H groups in total. The number of hydrogen-bond donors (Lipinski definition) is 2. The second kappa shape index (κ2) is 4.88. The van der Waals surface area contributed by atoms with Crippen LogP contribution in [0.4, 0.5) is 4.39 Å². The standard InChI is InChI=1S/C20H17FO2/c1-10-12-7-8-17(22)20(23)19(12)11(2)15-9-16(21)13-5-3-4-6-14(13)18(10)15/h3-9,17,20,22-23H,1-2H3. The largest absolute Gasteiger partial charge is 0.386 e. The molecule has 2 unspecified atom stereocenters. The average Bonchev–Trinajstić information content (AvgIpc) is 2.55. The SMILES string of the molecule is Cc1c2c(c(C)c3c1cc(F)c1ccccc13)C=CC(O)C2O. The molecule has 2 nitrogen and oxygen atoms in total. The van der Waals surface area contributed by atoms with Crippen molar-refractivity contribution in [3.05, 3.63) is 64.5 Å². The normalized spacial score (nSPS) is 20.2. The molecule has 3 aromatic carbocycles. The van der Waals surface area contributed by atoms with Crippen LogP contribution in [0.15, 0.2) is 36.4 Å². The van der Waals surface area contributed by atoms with Crippen molar-refractivity contribution in [1.82, 2.24) is 0 Å². The highest BCUT2D eigenvalue weighted by atomic mass is 19.1. The summed E-state index contributed by atoms with van der Waals surface area (Å²) in [4.78, 5) is 0. The molecule has 4 rings (SSSR count). The van der Waals surface area contributed by atoms with Crippen molar-refractivity contribution in [2.24, 2.45) is 0 Å². The molecular formula is C20H17FO2. The van der Waals surface area contributed by atoms with Gasteiger partial charge >= 0.3 is 0 Å². The molecule has 0 fully saturated rings. The quantitative estimate of drug-likeness (QED) is 0.612. The fourth-order valence-electron chi connectivity index (χ4n) is 3.78. The third kappa shape index (κ3) is 1.87. The van der Waals surface area contributed by atoms with E-state index in [0.717, 1.165) is 32.8 Å². The van der Waals surface area contributed by atoms with E-state index in [1.54, 1.807) is 12.1 Å². The monoisotopic (exact) mass is 308 g/mol. The van der Waals surface area contributed by atoms with Gasteiger partial charge in [-0.05, 0) is 58.3 Å². The molecule has 1 aliphatic rings. The first-order valence-corrected chi connectivity index (χ1v) is 7.69. The van der Waals surface area contributed by atoms with E-state index in [1.165, 1.54) is 6.07 Å². The van der Waals surface area contributed by atoms with Crippen molar-refractivity contribution >= 4 is 27.6 Å². The molecule has 3 aromatic rings. The predicted octanol–water partition coefficient (Wildman–Crippen LogP) is 4.17. The number of benzene rings is 3. The molecule has 0 saturated carbocycles. The van der Waals surface area contributed by atoms with E-state index in [9.17, 15) is 14.6 Å². The van der Waals surface area contributed by atoms with Gasteiger partial charge in [-0.3, -0.25) is 0 Å². The number of fused-ring (bicyclic) bond motifs is 4. The van der Waals surface area contributed by atoms with Gasteiger partial charge in [0.25, 0.3) is 0 Å². The number of aliphatic hydroxyl groups excluding tert-OH is 2. The minimum Gasteiger partial charge on any atom is -0.386 e. The zero-order valence-corrected chi connectivity index (χ0v) is 13.0. The summed E-state index contributed by atoms with van der Waals surface area (Å²) in [6, 6.07) is 8.99. The van der Waals surface area contributed by atoms with Crippen LogP contribution in [-0.2, 0) is 0 Å². The number of hydrogen-bond acceptors (Lipinski definition) is 2. The van der Waals surface area contributed by atoms with Gasteiger partial charge in [0.1, 0.15) is 18.0 Å². The molecule has 116 valence electrons. The van der Waals surface area contributed by atoms with Gasteiger partial charge in [-0.15, -0.1) is 0 Å². The van der Waals surface area contributed by atoms with Crippen molar-refractivity contribution in [1.29, 1.82) is 0 Å². The lowest BCUT2D eigenvalue weighted by atomic mass is 9.82. The highest BCUT2D eigenvalue weighted by Gasteiger charge is 2.27. The Bertz CT molecular complexity index is 988. The van der Waals surface area contributed by atoms with Crippen LogP contribution in [0.2, 0.25) is 0 Å². The molecule has 23 heavy (non-hydrogen) atoms. The van der Waals surface area contributed by atoms with E-state index < -0.39 is 12.2 Å². The van der Waals surface area contributed by atoms with Crippen LogP contribution in [0.5, 0.6) is 0 Å². The first kappa shape index (κ1) is 14.4. The lowest BCUT2D eigenvalue weighted by Gasteiger charge is -2.27. The molecule has 0 aromatic heterocycles. The second-order valence-corrected chi connectivity index (χ2v) is 6.20. The van der Waals surface area contributed by atoms with Gasteiger partial charge in [-0.1, -0.05) is 36.4 Å². The first-order chi connectivity index (χ1) is 11.0. The highest BCUT2D eigenvalue weighted by Crippen LogP contribution is 2.41. The second-order valence-electron chi connectivity index (χ2n) is 6.20. The van der Waals surface area contributed by atoms with Crippen LogP contribution in [0, 0.1) is 19.7 Å². The molecule has 3 heteroatoms. The lowest BCUT2D eigenvalue weighted by Crippen LogP contribution is -2.21. The Morgan fingerprint density at radius 3 is 2.39 bits per heavy atom. The van der Waals surface area contributed by atoms with Crippen molar-refractivity contribution in [2.45, 2.75) is 26.1 Å². The van der Waals surface area contributed by atoms with Crippen LogP contribution in [0.25, 0.3) is 27.6 Å². The predicted molar refractivity (Wildman–Crippen MR) is 90.9 cm³/mol. The number of aliphatic hydroxyl groups is 2. The highest BCUT2D eigenvalue weighted by molar-refractivity contribution is 6.11. The molecule has 0 saturated heterocycles. The molecule has 0 spiro atoms. The van der Waals surface area contributed by atoms with Crippen LogP contribution in [-0.4, -0.2) is 16.3 Å². The molecule has 0 radical (unpaired) electrons. The summed E-state index contributed by atoms with van der Waals surface area (Å²) in [5, 5.41) is 23.6. The van der Waals surface area contributed by atoms with Crippen LogP contribution >= 0.6 is 0 Å². The van der Waals surface area contributed by atoms with Crippen molar-refractivity contribution in [2.75, 3.05) is 0 Å². The molecule has 0 aliphatic heterocycles. The summed E-state index contributed by atoms with van der Waals surface area (Å²) in [5.74, 6) is -0.267. The zero-order chi connectivity index (χ0) is 16.3. The van der Waals surface area contributed by atoms with Crippen LogP contribution in [0.3, 0.4) is 0 Å². The molecule has 2 atom stereocenters.